The molecule has 98 valence electrons. The van der Waals surface area contributed by atoms with E-state index in [1.165, 1.54) is 5.56 Å². The summed E-state index contributed by atoms with van der Waals surface area (Å²) in [5.74, 6) is -0.0401. The molecular weight excluding hydrogens is 234 g/mol. The lowest BCUT2D eigenvalue weighted by atomic mass is 10.0. The lowest BCUT2D eigenvalue weighted by Gasteiger charge is -2.09. The molecule has 19 heavy (non-hydrogen) atoms. The van der Waals surface area contributed by atoms with Crippen LogP contribution in [0.25, 0.3) is 0 Å². The SMILES string of the molecule is CCc1ccc(NC(=O)c2ccccc2CC)cc1. The van der Waals surface area contributed by atoms with Gasteiger partial charge in [-0.3, -0.25) is 4.79 Å². The zero-order chi connectivity index (χ0) is 13.7. The van der Waals surface area contributed by atoms with Crippen LogP contribution in [0, 0.1) is 0 Å². The summed E-state index contributed by atoms with van der Waals surface area (Å²) in [6.45, 7) is 4.17. The highest BCUT2D eigenvalue weighted by atomic mass is 16.1. The van der Waals surface area contributed by atoms with Crippen LogP contribution in [0.15, 0.2) is 48.5 Å². The van der Waals surface area contributed by atoms with Gasteiger partial charge in [0.2, 0.25) is 0 Å². The van der Waals surface area contributed by atoms with Gasteiger partial charge in [0.15, 0.2) is 0 Å². The first kappa shape index (κ1) is 13.3. The number of hydrogen-bond donors (Lipinski definition) is 1. The second-order valence-corrected chi connectivity index (χ2v) is 4.52. The largest absolute Gasteiger partial charge is 0.322 e. The van der Waals surface area contributed by atoms with E-state index in [9.17, 15) is 4.79 Å². The molecule has 0 aromatic heterocycles. The van der Waals surface area contributed by atoms with Crippen molar-refractivity contribution in [1.29, 1.82) is 0 Å². The molecule has 0 spiro atoms. The van der Waals surface area contributed by atoms with E-state index in [2.05, 4.69) is 19.2 Å². The number of benzene rings is 2. The first-order valence-electron chi connectivity index (χ1n) is 6.72. The summed E-state index contributed by atoms with van der Waals surface area (Å²) in [7, 11) is 0. The Morgan fingerprint density at radius 2 is 1.63 bits per heavy atom. The minimum atomic E-state index is -0.0401. The number of carbonyl (C=O) groups excluding carboxylic acids is 1. The lowest BCUT2D eigenvalue weighted by Crippen LogP contribution is -2.13. The fraction of sp³-hybridized carbons (Fsp3) is 0.235. The van der Waals surface area contributed by atoms with Crippen LogP contribution in [0.4, 0.5) is 5.69 Å². The van der Waals surface area contributed by atoms with Crippen molar-refractivity contribution in [3.8, 4) is 0 Å². The molecule has 0 aliphatic heterocycles. The van der Waals surface area contributed by atoms with Gasteiger partial charge in [0, 0.05) is 11.3 Å². The molecule has 0 aliphatic rings. The predicted molar refractivity (Wildman–Crippen MR) is 79.6 cm³/mol. The summed E-state index contributed by atoms with van der Waals surface area (Å²) in [5.41, 5.74) is 3.94. The molecule has 0 saturated carbocycles. The van der Waals surface area contributed by atoms with Gasteiger partial charge in [-0.15, -0.1) is 0 Å². The van der Waals surface area contributed by atoms with Gasteiger partial charge >= 0.3 is 0 Å². The maximum absolute atomic E-state index is 12.2. The molecule has 1 amide bonds. The van der Waals surface area contributed by atoms with Crippen molar-refractivity contribution in [2.24, 2.45) is 0 Å². The van der Waals surface area contributed by atoms with Crippen molar-refractivity contribution in [2.75, 3.05) is 5.32 Å². The van der Waals surface area contributed by atoms with E-state index in [1.807, 2.05) is 48.5 Å². The standard InChI is InChI=1S/C17H19NO/c1-3-13-9-11-15(12-10-13)18-17(19)16-8-6-5-7-14(16)4-2/h5-12H,3-4H2,1-2H3,(H,18,19). The zero-order valence-electron chi connectivity index (χ0n) is 11.4. The molecule has 0 unspecified atom stereocenters. The van der Waals surface area contributed by atoms with Gasteiger partial charge in [-0.05, 0) is 42.2 Å². The van der Waals surface area contributed by atoms with Crippen molar-refractivity contribution in [1.82, 2.24) is 0 Å². The summed E-state index contributed by atoms with van der Waals surface area (Å²) in [6.07, 6.45) is 1.87. The summed E-state index contributed by atoms with van der Waals surface area (Å²) >= 11 is 0. The Hall–Kier alpha value is -2.09. The minimum absolute atomic E-state index is 0.0401. The Balaban J connectivity index is 2.16. The molecule has 2 aromatic carbocycles. The number of carbonyl (C=O) groups is 1. The van der Waals surface area contributed by atoms with Crippen LogP contribution in [0.5, 0.6) is 0 Å². The first-order chi connectivity index (χ1) is 9.24. The average Bonchev–Trinajstić information content (AvgIpc) is 2.48. The van der Waals surface area contributed by atoms with Crippen molar-refractivity contribution >= 4 is 11.6 Å². The van der Waals surface area contributed by atoms with E-state index < -0.39 is 0 Å². The Morgan fingerprint density at radius 3 is 2.26 bits per heavy atom. The number of anilines is 1. The van der Waals surface area contributed by atoms with Gasteiger partial charge in [-0.1, -0.05) is 44.2 Å². The number of nitrogens with one attached hydrogen (secondary N) is 1. The van der Waals surface area contributed by atoms with Crippen molar-refractivity contribution < 1.29 is 4.79 Å². The smallest absolute Gasteiger partial charge is 0.255 e. The lowest BCUT2D eigenvalue weighted by molar-refractivity contribution is 0.102. The summed E-state index contributed by atoms with van der Waals surface area (Å²) < 4.78 is 0. The topological polar surface area (TPSA) is 29.1 Å². The first-order valence-corrected chi connectivity index (χ1v) is 6.72. The summed E-state index contributed by atoms with van der Waals surface area (Å²) in [5, 5.41) is 2.95. The van der Waals surface area contributed by atoms with Crippen molar-refractivity contribution in [3.63, 3.8) is 0 Å². The Kier molecular flexibility index (Phi) is 4.35. The molecule has 2 rings (SSSR count). The summed E-state index contributed by atoms with van der Waals surface area (Å²) in [6, 6.07) is 15.7. The van der Waals surface area contributed by atoms with Crippen LogP contribution in [0.1, 0.15) is 35.3 Å². The zero-order valence-corrected chi connectivity index (χ0v) is 11.4. The maximum atomic E-state index is 12.2. The van der Waals surface area contributed by atoms with Gasteiger partial charge in [-0.25, -0.2) is 0 Å². The Labute approximate surface area is 114 Å². The van der Waals surface area contributed by atoms with Crippen molar-refractivity contribution in [2.45, 2.75) is 26.7 Å². The highest BCUT2D eigenvalue weighted by Crippen LogP contribution is 2.14. The normalized spacial score (nSPS) is 10.2. The molecular formula is C17H19NO. The van der Waals surface area contributed by atoms with Crippen LogP contribution in [0.3, 0.4) is 0 Å². The van der Waals surface area contributed by atoms with Gasteiger partial charge in [0.25, 0.3) is 5.91 Å². The highest BCUT2D eigenvalue weighted by Gasteiger charge is 2.09. The molecule has 1 N–H and O–H groups in total. The fourth-order valence-corrected chi connectivity index (χ4v) is 2.07. The molecule has 2 heteroatoms. The quantitative estimate of drug-likeness (QED) is 0.874. The third kappa shape index (κ3) is 3.22. The number of aryl methyl sites for hydroxylation is 2. The van der Waals surface area contributed by atoms with Crippen LogP contribution < -0.4 is 5.32 Å². The van der Waals surface area contributed by atoms with Crippen LogP contribution in [-0.2, 0) is 12.8 Å². The van der Waals surface area contributed by atoms with Crippen LogP contribution in [-0.4, -0.2) is 5.91 Å². The Bertz CT molecular complexity index is 558. The van der Waals surface area contributed by atoms with Gasteiger partial charge in [0.05, 0.1) is 0 Å². The highest BCUT2D eigenvalue weighted by molar-refractivity contribution is 6.05. The molecule has 0 bridgehead atoms. The van der Waals surface area contributed by atoms with Crippen molar-refractivity contribution in [3.05, 3.63) is 65.2 Å². The van der Waals surface area contributed by atoms with E-state index in [0.717, 1.165) is 29.7 Å². The van der Waals surface area contributed by atoms with E-state index in [0.29, 0.717) is 0 Å². The van der Waals surface area contributed by atoms with E-state index in [-0.39, 0.29) is 5.91 Å². The van der Waals surface area contributed by atoms with E-state index in [1.54, 1.807) is 0 Å². The van der Waals surface area contributed by atoms with Gasteiger partial charge in [-0.2, -0.15) is 0 Å². The fourth-order valence-electron chi connectivity index (χ4n) is 2.07. The second kappa shape index (κ2) is 6.19. The maximum Gasteiger partial charge on any atom is 0.255 e. The Morgan fingerprint density at radius 1 is 0.947 bits per heavy atom. The van der Waals surface area contributed by atoms with E-state index in [4.69, 9.17) is 0 Å². The number of amides is 1. The molecule has 0 heterocycles. The number of rotatable bonds is 4. The molecule has 0 saturated heterocycles. The second-order valence-electron chi connectivity index (χ2n) is 4.52. The molecule has 0 atom stereocenters. The van der Waals surface area contributed by atoms with Crippen LogP contribution >= 0.6 is 0 Å². The summed E-state index contributed by atoms with van der Waals surface area (Å²) in [4.78, 5) is 12.2. The van der Waals surface area contributed by atoms with Gasteiger partial charge in [0.1, 0.15) is 0 Å². The molecule has 2 aromatic rings. The monoisotopic (exact) mass is 253 g/mol. The molecule has 0 aliphatic carbocycles. The molecule has 0 radical (unpaired) electrons. The average molecular weight is 253 g/mol. The third-order valence-electron chi connectivity index (χ3n) is 3.26. The third-order valence-corrected chi connectivity index (χ3v) is 3.26. The van der Waals surface area contributed by atoms with E-state index >= 15 is 0 Å². The molecule has 2 nitrogen and oxygen atoms in total. The number of hydrogen-bond acceptors (Lipinski definition) is 1. The van der Waals surface area contributed by atoms with Gasteiger partial charge < -0.3 is 5.32 Å². The predicted octanol–water partition coefficient (Wildman–Crippen LogP) is 4.06. The molecule has 0 fully saturated rings. The van der Waals surface area contributed by atoms with Crippen LogP contribution in [0.2, 0.25) is 0 Å². The minimum Gasteiger partial charge on any atom is -0.322 e.